The fraction of sp³-hybridized carbons (Fsp3) is 0.528. The summed E-state index contributed by atoms with van der Waals surface area (Å²) < 4.78 is 11.4. The second-order valence-corrected chi connectivity index (χ2v) is 12.2. The molecule has 1 aliphatic carbocycles. The van der Waals surface area contributed by atoms with Crippen molar-refractivity contribution < 1.29 is 34.1 Å². The van der Waals surface area contributed by atoms with Crippen LogP contribution in [0.4, 0.5) is 5.69 Å². The number of carbonyl (C=O) groups is 3. The van der Waals surface area contributed by atoms with Crippen molar-refractivity contribution in [2.45, 2.75) is 103 Å². The molecule has 246 valence electrons. The van der Waals surface area contributed by atoms with Gasteiger partial charge >= 0.3 is 5.97 Å². The average Bonchev–Trinajstić information content (AvgIpc) is 3.01. The summed E-state index contributed by atoms with van der Waals surface area (Å²) in [6, 6.07) is 4.16. The number of esters is 1. The molecule has 5 atom stereocenters. The summed E-state index contributed by atoms with van der Waals surface area (Å²) in [6.07, 6.45) is 17.4. The fourth-order valence-corrected chi connectivity index (χ4v) is 5.70. The zero-order valence-corrected chi connectivity index (χ0v) is 27.0. The third-order valence-electron chi connectivity index (χ3n) is 8.52. The van der Waals surface area contributed by atoms with Gasteiger partial charge in [0.25, 0.3) is 0 Å². The Morgan fingerprint density at radius 1 is 1.07 bits per heavy atom. The minimum absolute atomic E-state index is 0.0465. The lowest BCUT2D eigenvalue weighted by molar-refractivity contribution is -0.156. The highest BCUT2D eigenvalue weighted by Gasteiger charge is 2.31. The maximum absolute atomic E-state index is 13.1. The lowest BCUT2D eigenvalue weighted by Gasteiger charge is -2.29. The lowest BCUT2D eigenvalue weighted by Crippen LogP contribution is -2.45. The SMILES string of the molecule is COC1\C=C/C=C/C=C/CC(OC(=O)[C@H](C)NC(=O)C2CCCCC2)[C@@H](C)[C@H](O)/C(C)=C/CCc2cc(O)cc(c2)NC(=O)C1. The van der Waals surface area contributed by atoms with Crippen molar-refractivity contribution in [3.05, 3.63) is 71.9 Å². The minimum atomic E-state index is -0.874. The minimum Gasteiger partial charge on any atom is -0.508 e. The Hall–Kier alpha value is -3.69. The molecule has 1 heterocycles. The number of allylic oxidation sites excluding steroid dienone is 5. The Morgan fingerprint density at radius 2 is 1.80 bits per heavy atom. The number of phenolic OH excluding ortho intramolecular Hbond substituents is 1. The van der Waals surface area contributed by atoms with Crippen LogP contribution < -0.4 is 10.6 Å². The van der Waals surface area contributed by atoms with Gasteiger partial charge in [0.05, 0.1) is 18.6 Å². The van der Waals surface area contributed by atoms with Crippen LogP contribution >= 0.6 is 0 Å². The number of aliphatic hydroxyl groups excluding tert-OH is 1. The molecule has 0 radical (unpaired) electrons. The average molecular weight is 623 g/mol. The van der Waals surface area contributed by atoms with E-state index in [1.54, 1.807) is 31.2 Å². The number of aliphatic hydroxyl groups is 1. The van der Waals surface area contributed by atoms with Gasteiger partial charge in [-0.05, 0) is 62.8 Å². The molecule has 1 aliphatic heterocycles. The van der Waals surface area contributed by atoms with Gasteiger partial charge in [-0.1, -0.05) is 68.7 Å². The summed E-state index contributed by atoms with van der Waals surface area (Å²) >= 11 is 0. The molecule has 0 aromatic heterocycles. The normalized spacial score (nSPS) is 28.2. The van der Waals surface area contributed by atoms with E-state index in [4.69, 9.17) is 9.47 Å². The predicted octanol–water partition coefficient (Wildman–Crippen LogP) is 5.68. The zero-order valence-electron chi connectivity index (χ0n) is 27.0. The number of rotatable bonds is 5. The predicted molar refractivity (Wildman–Crippen MR) is 175 cm³/mol. The summed E-state index contributed by atoms with van der Waals surface area (Å²) in [7, 11) is 1.54. The van der Waals surface area contributed by atoms with Gasteiger partial charge in [-0.2, -0.15) is 0 Å². The van der Waals surface area contributed by atoms with Crippen molar-refractivity contribution in [2.24, 2.45) is 11.8 Å². The number of aromatic hydroxyl groups is 1. The second-order valence-electron chi connectivity index (χ2n) is 12.2. The van der Waals surface area contributed by atoms with E-state index in [1.807, 2.05) is 44.2 Å². The van der Waals surface area contributed by atoms with Crippen molar-refractivity contribution in [1.82, 2.24) is 5.32 Å². The number of ether oxygens (including phenoxy) is 2. The van der Waals surface area contributed by atoms with Crippen molar-refractivity contribution >= 4 is 23.5 Å². The number of fused-ring (bicyclic) bond motifs is 2. The van der Waals surface area contributed by atoms with Crippen LogP contribution in [0, 0.1) is 11.8 Å². The highest BCUT2D eigenvalue weighted by Crippen LogP contribution is 2.26. The summed E-state index contributed by atoms with van der Waals surface area (Å²) in [5, 5.41) is 27.2. The first-order valence-corrected chi connectivity index (χ1v) is 16.1. The van der Waals surface area contributed by atoms with Crippen LogP contribution in [-0.4, -0.2) is 59.5 Å². The van der Waals surface area contributed by atoms with E-state index in [0.29, 0.717) is 24.9 Å². The van der Waals surface area contributed by atoms with Crippen molar-refractivity contribution in [3.8, 4) is 5.75 Å². The maximum Gasteiger partial charge on any atom is 0.328 e. The molecule has 1 fully saturated rings. The molecule has 2 amide bonds. The third kappa shape index (κ3) is 12.0. The van der Waals surface area contributed by atoms with Gasteiger partial charge in [0.1, 0.15) is 17.9 Å². The van der Waals surface area contributed by atoms with Gasteiger partial charge in [0.15, 0.2) is 0 Å². The number of nitrogens with one attached hydrogen (secondary N) is 2. The van der Waals surface area contributed by atoms with Gasteiger partial charge in [-0.25, -0.2) is 4.79 Å². The number of amides is 2. The first-order chi connectivity index (χ1) is 21.6. The Morgan fingerprint density at radius 3 is 2.53 bits per heavy atom. The van der Waals surface area contributed by atoms with Crippen LogP contribution in [0.5, 0.6) is 5.75 Å². The molecule has 1 aromatic rings. The van der Waals surface area contributed by atoms with E-state index in [9.17, 15) is 24.6 Å². The monoisotopic (exact) mass is 622 g/mol. The van der Waals surface area contributed by atoms with E-state index in [1.165, 1.54) is 13.2 Å². The van der Waals surface area contributed by atoms with Crippen LogP contribution in [0.25, 0.3) is 0 Å². The molecule has 45 heavy (non-hydrogen) atoms. The highest BCUT2D eigenvalue weighted by molar-refractivity contribution is 5.91. The van der Waals surface area contributed by atoms with Crippen molar-refractivity contribution in [3.63, 3.8) is 0 Å². The quantitative estimate of drug-likeness (QED) is 0.245. The molecule has 2 aliphatic rings. The molecule has 0 spiro atoms. The molecule has 4 N–H and O–H groups in total. The molecule has 2 unspecified atom stereocenters. The Bertz CT molecular complexity index is 1260. The van der Waals surface area contributed by atoms with Crippen LogP contribution in [0.3, 0.4) is 0 Å². The van der Waals surface area contributed by atoms with Gasteiger partial charge < -0.3 is 30.3 Å². The largest absolute Gasteiger partial charge is 0.508 e. The number of carbonyl (C=O) groups excluding carboxylic acids is 3. The number of hydrogen-bond acceptors (Lipinski definition) is 7. The van der Waals surface area contributed by atoms with Gasteiger partial charge in [-0.3, -0.25) is 9.59 Å². The van der Waals surface area contributed by atoms with Gasteiger partial charge in [0.2, 0.25) is 11.8 Å². The van der Waals surface area contributed by atoms with E-state index in [0.717, 1.165) is 43.2 Å². The molecule has 3 rings (SSSR count). The first-order valence-electron chi connectivity index (χ1n) is 16.1. The zero-order chi connectivity index (χ0) is 32.8. The van der Waals surface area contributed by atoms with Crippen LogP contribution in [0.15, 0.2) is 66.3 Å². The summed E-state index contributed by atoms with van der Waals surface area (Å²) in [6.45, 7) is 5.33. The van der Waals surface area contributed by atoms with E-state index < -0.39 is 36.2 Å². The molecular formula is C36H50N2O7. The number of phenols is 1. The number of hydrogen-bond donors (Lipinski definition) is 4. The molecule has 2 bridgehead atoms. The highest BCUT2D eigenvalue weighted by atomic mass is 16.5. The van der Waals surface area contributed by atoms with Crippen LogP contribution in [0.1, 0.15) is 77.7 Å². The molecule has 1 aromatic carbocycles. The smallest absolute Gasteiger partial charge is 0.328 e. The summed E-state index contributed by atoms with van der Waals surface area (Å²) in [5.41, 5.74) is 2.06. The van der Waals surface area contributed by atoms with E-state index >= 15 is 0 Å². The van der Waals surface area contributed by atoms with E-state index in [-0.39, 0.29) is 29.9 Å². The first kappa shape index (κ1) is 35.8. The standard InChI is InChI=1S/C36H50N2O7/c1-24-14-13-15-27-20-29(22-30(39)21-27)38-33(40)23-31(44-4)18-11-6-5-7-12-19-32(25(2)34(24)41)45-36(43)26(3)37-35(42)28-16-9-8-10-17-28/h5-7,11-12,14,18,20-22,25-26,28,31-32,34,39,41H,8-10,13,15-17,19,23H2,1-4H3,(H,37,42)(H,38,40)/b6-5+,12-7+,18-11-,24-14+/t25-,26+,31?,32?,34-/m1/s1. The van der Waals surface area contributed by atoms with Crippen LogP contribution in [-0.2, 0) is 30.3 Å². The molecule has 0 saturated heterocycles. The fourth-order valence-electron chi connectivity index (χ4n) is 5.70. The topological polar surface area (TPSA) is 134 Å². The Labute approximate surface area is 267 Å². The van der Waals surface area contributed by atoms with Gasteiger partial charge in [-0.15, -0.1) is 0 Å². The number of benzene rings is 1. The van der Waals surface area contributed by atoms with Crippen molar-refractivity contribution in [2.75, 3.05) is 12.4 Å². The summed E-state index contributed by atoms with van der Waals surface area (Å²) in [4.78, 5) is 38.5. The van der Waals surface area contributed by atoms with E-state index in [2.05, 4.69) is 10.6 Å². The Kier molecular flexibility index (Phi) is 14.6. The number of aryl methyl sites for hydroxylation is 1. The Balaban J connectivity index is 1.78. The third-order valence-corrected chi connectivity index (χ3v) is 8.52. The lowest BCUT2D eigenvalue weighted by atomic mass is 9.88. The number of anilines is 1. The molecular weight excluding hydrogens is 572 g/mol. The van der Waals surface area contributed by atoms with Gasteiger partial charge in [0, 0.05) is 37.1 Å². The number of methoxy groups -OCH3 is 1. The summed E-state index contributed by atoms with van der Waals surface area (Å²) in [5.74, 6) is -1.33. The maximum atomic E-state index is 13.1. The second kappa shape index (κ2) is 18.3. The molecule has 1 saturated carbocycles. The van der Waals surface area contributed by atoms with Crippen molar-refractivity contribution in [1.29, 1.82) is 0 Å². The molecule has 9 heteroatoms. The molecule has 9 nitrogen and oxygen atoms in total. The van der Waals surface area contributed by atoms with Crippen LogP contribution in [0.2, 0.25) is 0 Å².